The van der Waals surface area contributed by atoms with Crippen molar-refractivity contribution in [3.05, 3.63) is 35.9 Å². The number of halogens is 1. The Kier molecular flexibility index (Phi) is 8.40. The largest absolute Gasteiger partial charge is 0.356 e. The number of carbonyl (C=O) groups is 1. The molecule has 1 aliphatic carbocycles. The third-order valence-corrected chi connectivity index (χ3v) is 4.27. The van der Waals surface area contributed by atoms with E-state index in [1.807, 2.05) is 7.05 Å². The molecule has 0 radical (unpaired) electrons. The van der Waals surface area contributed by atoms with Gasteiger partial charge in [0.2, 0.25) is 5.91 Å². The van der Waals surface area contributed by atoms with E-state index in [0.29, 0.717) is 5.92 Å². The molecule has 0 unspecified atom stereocenters. The summed E-state index contributed by atoms with van der Waals surface area (Å²) in [6.07, 6.45) is 5.33. The topological polar surface area (TPSA) is 41.1 Å². The standard InChI is InChI=1S/C17H26N2O.ClH/c1-18-12-5-13-19-17(20)16-10-8-15(9-11-16)14-6-3-2-4-7-14;/h2-4,6-7,15-16,18H,5,8-13H2,1H3,(H,19,20);1H. The zero-order chi connectivity index (χ0) is 14.2. The Morgan fingerprint density at radius 1 is 1.10 bits per heavy atom. The minimum absolute atomic E-state index is 0. The Morgan fingerprint density at radius 3 is 2.38 bits per heavy atom. The van der Waals surface area contributed by atoms with E-state index in [9.17, 15) is 4.79 Å². The van der Waals surface area contributed by atoms with E-state index in [2.05, 4.69) is 41.0 Å². The van der Waals surface area contributed by atoms with Crippen LogP contribution in [0.1, 0.15) is 43.6 Å². The quantitative estimate of drug-likeness (QED) is 0.793. The van der Waals surface area contributed by atoms with E-state index in [-0.39, 0.29) is 24.2 Å². The Bertz CT molecular complexity index is 403. The summed E-state index contributed by atoms with van der Waals surface area (Å²) in [6.45, 7) is 1.75. The molecule has 0 atom stereocenters. The van der Waals surface area contributed by atoms with Crippen LogP contribution < -0.4 is 10.6 Å². The molecule has 1 aliphatic rings. The Morgan fingerprint density at radius 2 is 1.76 bits per heavy atom. The summed E-state index contributed by atoms with van der Waals surface area (Å²) >= 11 is 0. The van der Waals surface area contributed by atoms with E-state index in [1.165, 1.54) is 5.56 Å². The molecule has 3 nitrogen and oxygen atoms in total. The molecule has 4 heteroatoms. The molecule has 1 aromatic rings. The van der Waals surface area contributed by atoms with Crippen molar-refractivity contribution < 1.29 is 4.79 Å². The molecule has 0 bridgehead atoms. The summed E-state index contributed by atoms with van der Waals surface area (Å²) in [7, 11) is 1.94. The average Bonchev–Trinajstić information content (AvgIpc) is 2.52. The second kappa shape index (κ2) is 9.80. The summed E-state index contributed by atoms with van der Waals surface area (Å²) in [5.41, 5.74) is 1.43. The van der Waals surface area contributed by atoms with Gasteiger partial charge in [-0.25, -0.2) is 0 Å². The minimum Gasteiger partial charge on any atom is -0.356 e. The predicted octanol–water partition coefficient (Wildman–Crippen LogP) is 3.11. The van der Waals surface area contributed by atoms with Crippen molar-refractivity contribution in [1.82, 2.24) is 10.6 Å². The van der Waals surface area contributed by atoms with Crippen molar-refractivity contribution in [1.29, 1.82) is 0 Å². The van der Waals surface area contributed by atoms with Gasteiger partial charge in [-0.05, 0) is 57.2 Å². The van der Waals surface area contributed by atoms with Crippen molar-refractivity contribution >= 4 is 18.3 Å². The average molecular weight is 311 g/mol. The molecule has 0 aliphatic heterocycles. The molecule has 0 spiro atoms. The van der Waals surface area contributed by atoms with Crippen LogP contribution in [0.4, 0.5) is 0 Å². The smallest absolute Gasteiger partial charge is 0.223 e. The van der Waals surface area contributed by atoms with Crippen LogP contribution in [0.5, 0.6) is 0 Å². The zero-order valence-electron chi connectivity index (χ0n) is 12.8. The van der Waals surface area contributed by atoms with Crippen molar-refractivity contribution in [2.75, 3.05) is 20.1 Å². The first kappa shape index (κ1) is 18.0. The number of amides is 1. The molecule has 0 heterocycles. The van der Waals surface area contributed by atoms with Gasteiger partial charge >= 0.3 is 0 Å². The van der Waals surface area contributed by atoms with Crippen LogP contribution in [-0.2, 0) is 4.79 Å². The van der Waals surface area contributed by atoms with E-state index in [1.54, 1.807) is 0 Å². The fraction of sp³-hybridized carbons (Fsp3) is 0.588. The number of hydrogen-bond acceptors (Lipinski definition) is 2. The molecule has 118 valence electrons. The maximum atomic E-state index is 12.1. The second-order valence-electron chi connectivity index (χ2n) is 5.71. The molecular formula is C17H27ClN2O. The first-order valence-corrected chi connectivity index (χ1v) is 7.78. The van der Waals surface area contributed by atoms with Crippen molar-refractivity contribution in [3.63, 3.8) is 0 Å². The fourth-order valence-corrected chi connectivity index (χ4v) is 3.04. The first-order chi connectivity index (χ1) is 9.81. The number of carbonyl (C=O) groups excluding carboxylic acids is 1. The number of benzene rings is 1. The summed E-state index contributed by atoms with van der Waals surface area (Å²) in [5, 5.41) is 6.16. The number of nitrogens with one attached hydrogen (secondary N) is 2. The predicted molar refractivity (Wildman–Crippen MR) is 89.9 cm³/mol. The Hall–Kier alpha value is -1.06. The monoisotopic (exact) mass is 310 g/mol. The lowest BCUT2D eigenvalue weighted by atomic mass is 9.78. The van der Waals surface area contributed by atoms with Gasteiger partial charge in [-0.15, -0.1) is 12.4 Å². The van der Waals surface area contributed by atoms with Crippen LogP contribution >= 0.6 is 12.4 Å². The van der Waals surface area contributed by atoms with Crippen LogP contribution in [0.3, 0.4) is 0 Å². The molecule has 1 aromatic carbocycles. The van der Waals surface area contributed by atoms with Crippen LogP contribution in [0.15, 0.2) is 30.3 Å². The van der Waals surface area contributed by atoms with Gasteiger partial charge in [0.05, 0.1) is 0 Å². The minimum atomic E-state index is 0. The van der Waals surface area contributed by atoms with Crippen molar-refractivity contribution in [2.24, 2.45) is 5.92 Å². The lowest BCUT2D eigenvalue weighted by molar-refractivity contribution is -0.126. The van der Waals surface area contributed by atoms with Crippen LogP contribution in [0.2, 0.25) is 0 Å². The molecule has 1 amide bonds. The normalized spacial score (nSPS) is 21.4. The molecule has 0 saturated heterocycles. The Labute approximate surface area is 134 Å². The summed E-state index contributed by atoms with van der Waals surface area (Å²) in [5.74, 6) is 1.13. The maximum absolute atomic E-state index is 12.1. The summed E-state index contributed by atoms with van der Waals surface area (Å²) in [6, 6.07) is 10.7. The molecule has 2 N–H and O–H groups in total. The van der Waals surface area contributed by atoms with Crippen molar-refractivity contribution in [2.45, 2.75) is 38.0 Å². The van der Waals surface area contributed by atoms with Gasteiger partial charge in [0.1, 0.15) is 0 Å². The van der Waals surface area contributed by atoms with Gasteiger partial charge in [-0.3, -0.25) is 4.79 Å². The van der Waals surface area contributed by atoms with Gasteiger partial charge in [-0.2, -0.15) is 0 Å². The Balaban J connectivity index is 0.00000220. The lowest BCUT2D eigenvalue weighted by Gasteiger charge is -2.28. The first-order valence-electron chi connectivity index (χ1n) is 7.78. The summed E-state index contributed by atoms with van der Waals surface area (Å²) in [4.78, 5) is 12.1. The summed E-state index contributed by atoms with van der Waals surface area (Å²) < 4.78 is 0. The third kappa shape index (κ3) is 5.68. The van der Waals surface area contributed by atoms with Crippen molar-refractivity contribution in [3.8, 4) is 0 Å². The van der Waals surface area contributed by atoms with E-state index >= 15 is 0 Å². The van der Waals surface area contributed by atoms with E-state index in [0.717, 1.165) is 45.2 Å². The van der Waals surface area contributed by atoms with Gasteiger partial charge < -0.3 is 10.6 Å². The van der Waals surface area contributed by atoms with Crippen LogP contribution in [0.25, 0.3) is 0 Å². The lowest BCUT2D eigenvalue weighted by Crippen LogP contribution is -2.34. The van der Waals surface area contributed by atoms with Gasteiger partial charge in [0.15, 0.2) is 0 Å². The maximum Gasteiger partial charge on any atom is 0.223 e. The highest BCUT2D eigenvalue weighted by Gasteiger charge is 2.26. The fourth-order valence-electron chi connectivity index (χ4n) is 3.04. The second-order valence-corrected chi connectivity index (χ2v) is 5.71. The molecule has 2 rings (SSSR count). The molecule has 1 saturated carbocycles. The van der Waals surface area contributed by atoms with Crippen LogP contribution in [-0.4, -0.2) is 26.0 Å². The van der Waals surface area contributed by atoms with E-state index < -0.39 is 0 Å². The highest BCUT2D eigenvalue weighted by atomic mass is 35.5. The molecule has 21 heavy (non-hydrogen) atoms. The van der Waals surface area contributed by atoms with Crippen LogP contribution in [0, 0.1) is 5.92 Å². The highest BCUT2D eigenvalue weighted by Crippen LogP contribution is 2.35. The SMILES string of the molecule is CNCCCNC(=O)C1CCC(c2ccccc2)CC1.Cl. The number of hydrogen-bond donors (Lipinski definition) is 2. The van der Waals surface area contributed by atoms with Gasteiger partial charge in [-0.1, -0.05) is 30.3 Å². The molecular weight excluding hydrogens is 284 g/mol. The number of rotatable bonds is 6. The highest BCUT2D eigenvalue weighted by molar-refractivity contribution is 5.85. The third-order valence-electron chi connectivity index (χ3n) is 4.27. The molecule has 0 aromatic heterocycles. The van der Waals surface area contributed by atoms with E-state index in [4.69, 9.17) is 0 Å². The van der Waals surface area contributed by atoms with Gasteiger partial charge in [0, 0.05) is 12.5 Å². The zero-order valence-corrected chi connectivity index (χ0v) is 13.6. The molecule has 1 fully saturated rings. The van der Waals surface area contributed by atoms with Gasteiger partial charge in [0.25, 0.3) is 0 Å².